The van der Waals surface area contributed by atoms with Crippen LogP contribution in [0.2, 0.25) is 0 Å². The quantitative estimate of drug-likeness (QED) is 0.443. The highest BCUT2D eigenvalue weighted by Gasteiger charge is 2.23. The third-order valence-corrected chi connectivity index (χ3v) is 7.72. The van der Waals surface area contributed by atoms with Crippen molar-refractivity contribution >= 4 is 34.2 Å². The second kappa shape index (κ2) is 9.97. The van der Waals surface area contributed by atoms with Gasteiger partial charge >= 0.3 is 0 Å². The first-order chi connectivity index (χ1) is 15.8. The van der Waals surface area contributed by atoms with Gasteiger partial charge in [-0.05, 0) is 60.5 Å². The zero-order valence-corrected chi connectivity index (χ0v) is 19.5. The smallest absolute Gasteiger partial charge is 0.0855 e. The van der Waals surface area contributed by atoms with Crippen molar-refractivity contribution in [1.29, 1.82) is 0 Å². The largest absolute Gasteiger partial charge is 0.369 e. The van der Waals surface area contributed by atoms with Crippen LogP contribution < -0.4 is 4.72 Å². The van der Waals surface area contributed by atoms with Crippen molar-refractivity contribution in [2.75, 3.05) is 37.4 Å². The van der Waals surface area contributed by atoms with E-state index in [2.05, 4.69) is 74.6 Å². The van der Waals surface area contributed by atoms with E-state index in [1.165, 1.54) is 37.8 Å². The lowest BCUT2D eigenvalue weighted by Crippen LogP contribution is -2.46. The van der Waals surface area contributed by atoms with Gasteiger partial charge in [0, 0.05) is 55.7 Å². The Balaban J connectivity index is 1.14. The summed E-state index contributed by atoms with van der Waals surface area (Å²) in [6.45, 7) is 10.2. The Morgan fingerprint density at radius 1 is 0.969 bits per heavy atom. The topological polar surface area (TPSA) is 31.4 Å². The van der Waals surface area contributed by atoms with Gasteiger partial charge in [-0.2, -0.15) is 0 Å². The van der Waals surface area contributed by atoms with E-state index in [9.17, 15) is 0 Å². The molecule has 2 fully saturated rings. The number of fused-ring (bicyclic) bond motifs is 1. The highest BCUT2D eigenvalue weighted by Crippen LogP contribution is 2.29. The highest BCUT2D eigenvalue weighted by molar-refractivity contribution is 8.00. The number of hydrogen-bond donors (Lipinski definition) is 1. The molecule has 1 N–H and O–H groups in total. The first kappa shape index (κ1) is 21.4. The molecule has 32 heavy (non-hydrogen) atoms. The molecule has 1 aromatic heterocycles. The molecule has 0 radical (unpaired) electrons. The Labute approximate surface area is 195 Å². The van der Waals surface area contributed by atoms with Crippen molar-refractivity contribution in [2.24, 2.45) is 5.92 Å². The summed E-state index contributed by atoms with van der Waals surface area (Å²) in [7, 11) is 0. The number of anilines is 1. The molecule has 1 aliphatic heterocycles. The summed E-state index contributed by atoms with van der Waals surface area (Å²) in [4.78, 5) is 10.8. The van der Waals surface area contributed by atoms with Gasteiger partial charge in [0.15, 0.2) is 0 Å². The van der Waals surface area contributed by atoms with Gasteiger partial charge in [-0.25, -0.2) is 0 Å². The number of nitrogens with one attached hydrogen (secondary N) is 1. The zero-order valence-electron chi connectivity index (χ0n) is 18.7. The van der Waals surface area contributed by atoms with Crippen LogP contribution >= 0.6 is 11.9 Å². The van der Waals surface area contributed by atoms with Crippen LogP contribution in [0.5, 0.6) is 0 Å². The number of hydrogen-bond acceptors (Lipinski definition) is 5. The van der Waals surface area contributed by atoms with Gasteiger partial charge in [0.25, 0.3) is 0 Å². The molecule has 0 atom stereocenters. The number of pyridine rings is 1. The van der Waals surface area contributed by atoms with E-state index in [0.717, 1.165) is 59.3 Å². The Hall–Kier alpha value is -2.50. The first-order valence-electron chi connectivity index (χ1n) is 11.8. The van der Waals surface area contributed by atoms with Crippen molar-refractivity contribution < 1.29 is 0 Å². The molecule has 0 unspecified atom stereocenters. The third kappa shape index (κ3) is 4.94. The second-order valence-electron chi connectivity index (χ2n) is 9.00. The summed E-state index contributed by atoms with van der Waals surface area (Å²) in [5.41, 5.74) is 4.46. The predicted octanol–water partition coefficient (Wildman–Crippen LogP) is 6.13. The lowest BCUT2D eigenvalue weighted by Gasteiger charge is -2.38. The molecule has 0 spiro atoms. The van der Waals surface area contributed by atoms with Crippen LogP contribution in [-0.2, 0) is 0 Å². The van der Waals surface area contributed by atoms with E-state index in [-0.39, 0.29) is 0 Å². The van der Waals surface area contributed by atoms with E-state index in [0.29, 0.717) is 0 Å². The zero-order chi connectivity index (χ0) is 21.8. The minimum absolute atomic E-state index is 0.937. The van der Waals surface area contributed by atoms with Crippen LogP contribution in [0.1, 0.15) is 31.2 Å². The molecule has 4 nitrogen and oxygen atoms in total. The predicted molar refractivity (Wildman–Crippen MR) is 137 cm³/mol. The minimum Gasteiger partial charge on any atom is -0.369 e. The van der Waals surface area contributed by atoms with E-state index in [1.807, 2.05) is 12.3 Å². The summed E-state index contributed by atoms with van der Waals surface area (Å²) in [5.74, 6) is 0.937. The average Bonchev–Trinajstić information content (AvgIpc) is 3.36. The van der Waals surface area contributed by atoms with Gasteiger partial charge in [0.2, 0.25) is 0 Å². The number of benzene rings is 2. The number of para-hydroxylation sites is 1. The molecule has 1 saturated heterocycles. The number of piperazine rings is 1. The minimum atomic E-state index is 0.937. The summed E-state index contributed by atoms with van der Waals surface area (Å²) in [5, 5.41) is 1.16. The third-order valence-electron chi connectivity index (χ3n) is 6.84. The SMILES string of the molecule is C=C(c1ccc(NSc2cccc3cccnc23)cc1)N1CCN(CC2CCCC2)CC1. The number of nitrogens with zero attached hydrogens (tertiary/aromatic N) is 3. The average molecular weight is 445 g/mol. The maximum Gasteiger partial charge on any atom is 0.0855 e. The maximum absolute atomic E-state index is 4.53. The van der Waals surface area contributed by atoms with Crippen LogP contribution in [-0.4, -0.2) is 47.5 Å². The molecule has 2 heterocycles. The van der Waals surface area contributed by atoms with Crippen molar-refractivity contribution in [2.45, 2.75) is 30.6 Å². The maximum atomic E-state index is 4.53. The standard InChI is InChI=1S/C27H32N4S/c1-21(31-18-16-30(17-19-31)20-22-6-2-3-7-22)23-11-13-25(14-12-23)29-32-26-10-4-8-24-9-5-15-28-27(24)26/h4-5,8-15,22,29H,1-3,6-7,16-20H2. The van der Waals surface area contributed by atoms with Gasteiger partial charge in [-0.1, -0.05) is 49.8 Å². The van der Waals surface area contributed by atoms with Crippen LogP contribution in [0.4, 0.5) is 5.69 Å². The Bertz CT molecular complexity index is 1050. The molecule has 1 saturated carbocycles. The van der Waals surface area contributed by atoms with Crippen LogP contribution in [0.3, 0.4) is 0 Å². The van der Waals surface area contributed by atoms with Crippen LogP contribution in [0, 0.1) is 5.92 Å². The van der Waals surface area contributed by atoms with Gasteiger partial charge in [0.1, 0.15) is 0 Å². The Morgan fingerprint density at radius 2 is 1.72 bits per heavy atom. The molecule has 2 aromatic carbocycles. The number of aromatic nitrogens is 1. The van der Waals surface area contributed by atoms with Crippen molar-refractivity contribution in [3.63, 3.8) is 0 Å². The fourth-order valence-corrected chi connectivity index (χ4v) is 5.72. The molecular formula is C27H32N4S. The molecular weight excluding hydrogens is 412 g/mol. The van der Waals surface area contributed by atoms with E-state index < -0.39 is 0 Å². The second-order valence-corrected chi connectivity index (χ2v) is 9.85. The van der Waals surface area contributed by atoms with Gasteiger partial charge in [-0.3, -0.25) is 9.88 Å². The van der Waals surface area contributed by atoms with E-state index >= 15 is 0 Å². The van der Waals surface area contributed by atoms with Gasteiger partial charge in [-0.15, -0.1) is 0 Å². The molecule has 1 aliphatic carbocycles. The molecule has 0 bridgehead atoms. The van der Waals surface area contributed by atoms with E-state index in [4.69, 9.17) is 0 Å². The van der Waals surface area contributed by atoms with E-state index in [1.54, 1.807) is 11.9 Å². The Kier molecular flexibility index (Phi) is 6.65. The van der Waals surface area contributed by atoms with Gasteiger partial charge < -0.3 is 9.62 Å². The first-order valence-corrected chi connectivity index (χ1v) is 12.6. The molecule has 5 rings (SSSR count). The Morgan fingerprint density at radius 3 is 2.50 bits per heavy atom. The fourth-order valence-electron chi connectivity index (χ4n) is 4.94. The fraction of sp³-hybridized carbons (Fsp3) is 0.370. The normalized spacial score (nSPS) is 17.7. The number of rotatable bonds is 7. The van der Waals surface area contributed by atoms with Crippen LogP contribution in [0.25, 0.3) is 16.6 Å². The molecule has 2 aliphatic rings. The lowest BCUT2D eigenvalue weighted by molar-refractivity contribution is 0.155. The van der Waals surface area contributed by atoms with Gasteiger partial charge in [0.05, 0.1) is 10.4 Å². The van der Waals surface area contributed by atoms with Crippen LogP contribution in [0.15, 0.2) is 72.3 Å². The summed E-state index contributed by atoms with van der Waals surface area (Å²) in [6.07, 6.45) is 7.58. The summed E-state index contributed by atoms with van der Waals surface area (Å²) >= 11 is 1.61. The molecule has 5 heteroatoms. The molecule has 166 valence electrons. The molecule has 0 amide bonds. The molecule has 3 aromatic rings. The summed E-state index contributed by atoms with van der Waals surface area (Å²) < 4.78 is 3.47. The van der Waals surface area contributed by atoms with Crippen molar-refractivity contribution in [3.8, 4) is 0 Å². The summed E-state index contributed by atoms with van der Waals surface area (Å²) in [6, 6.07) is 19.0. The van der Waals surface area contributed by atoms with Crippen molar-refractivity contribution in [1.82, 2.24) is 14.8 Å². The highest BCUT2D eigenvalue weighted by atomic mass is 32.2. The monoisotopic (exact) mass is 444 g/mol. The lowest BCUT2D eigenvalue weighted by atomic mass is 10.1. The van der Waals surface area contributed by atoms with Crippen molar-refractivity contribution in [3.05, 3.63) is 72.9 Å².